The van der Waals surface area contributed by atoms with Gasteiger partial charge in [0.25, 0.3) is 0 Å². The van der Waals surface area contributed by atoms with Crippen LogP contribution in [0.1, 0.15) is 86.8 Å². The molecule has 2 heteroatoms. The smallest absolute Gasteiger partial charge is 0.0379 e. The van der Waals surface area contributed by atoms with Crippen LogP contribution in [-0.2, 0) is 32.1 Å². The van der Waals surface area contributed by atoms with E-state index >= 15 is 0 Å². The average Bonchev–Trinajstić information content (AvgIpc) is 2.63. The predicted octanol–water partition coefficient (Wildman–Crippen LogP) is 6.25. The van der Waals surface area contributed by atoms with Crippen LogP contribution in [-0.4, -0.2) is 0 Å². The van der Waals surface area contributed by atoms with Crippen LogP contribution < -0.4 is 11.5 Å². The molecule has 0 bridgehead atoms. The Morgan fingerprint density at radius 1 is 0.519 bits per heavy atom. The summed E-state index contributed by atoms with van der Waals surface area (Å²) in [5.41, 5.74) is 22.9. The van der Waals surface area contributed by atoms with Gasteiger partial charge in [-0.05, 0) is 65.5 Å². The van der Waals surface area contributed by atoms with Crippen molar-refractivity contribution in [2.24, 2.45) is 0 Å². The molecule has 2 aromatic rings. The van der Waals surface area contributed by atoms with Gasteiger partial charge in [-0.25, -0.2) is 0 Å². The van der Waals surface area contributed by atoms with Gasteiger partial charge in [0.15, 0.2) is 0 Å². The van der Waals surface area contributed by atoms with E-state index in [1.165, 1.54) is 33.4 Å². The zero-order chi connectivity index (χ0) is 19.8. The summed E-state index contributed by atoms with van der Waals surface area (Å²) in [5, 5.41) is 0. The second kappa shape index (κ2) is 10.4. The molecule has 0 radical (unpaired) electrons. The van der Waals surface area contributed by atoms with E-state index in [2.05, 4.69) is 52.0 Å². The highest BCUT2D eigenvalue weighted by atomic mass is 14.6. The maximum absolute atomic E-state index is 6.45. The van der Waals surface area contributed by atoms with Gasteiger partial charge in [0, 0.05) is 11.4 Å². The van der Waals surface area contributed by atoms with E-state index in [1.807, 2.05) is 0 Å². The van der Waals surface area contributed by atoms with Crippen molar-refractivity contribution in [3.8, 4) is 0 Å². The van der Waals surface area contributed by atoms with Crippen LogP contribution >= 0.6 is 0 Å². The first-order valence-corrected chi connectivity index (χ1v) is 10.8. The maximum Gasteiger partial charge on any atom is 0.0379 e. The van der Waals surface area contributed by atoms with E-state index in [4.69, 9.17) is 11.5 Å². The van der Waals surface area contributed by atoms with E-state index in [-0.39, 0.29) is 0 Å². The third kappa shape index (κ3) is 5.51. The van der Waals surface area contributed by atoms with Crippen molar-refractivity contribution in [2.45, 2.75) is 85.5 Å². The molecule has 0 amide bonds. The maximum atomic E-state index is 6.45. The van der Waals surface area contributed by atoms with E-state index in [0.717, 1.165) is 69.2 Å². The van der Waals surface area contributed by atoms with Crippen LogP contribution in [0, 0.1) is 0 Å². The van der Waals surface area contributed by atoms with E-state index in [0.29, 0.717) is 0 Å². The fraction of sp³-hybridized carbons (Fsp3) is 0.520. The first-order chi connectivity index (χ1) is 13.0. The Bertz CT molecular complexity index is 628. The molecule has 0 spiro atoms. The van der Waals surface area contributed by atoms with Crippen molar-refractivity contribution < 1.29 is 0 Å². The lowest BCUT2D eigenvalue weighted by Crippen LogP contribution is -2.05. The number of rotatable bonds is 10. The molecule has 0 aliphatic rings. The molecule has 0 fully saturated rings. The number of benzene rings is 2. The first kappa shape index (κ1) is 21.3. The van der Waals surface area contributed by atoms with Gasteiger partial charge in [-0.2, -0.15) is 0 Å². The lowest BCUT2D eigenvalue weighted by Gasteiger charge is -2.16. The third-order valence-electron chi connectivity index (χ3n) is 5.31. The van der Waals surface area contributed by atoms with E-state index in [1.54, 1.807) is 0 Å². The normalized spacial score (nSPS) is 11.1. The summed E-state index contributed by atoms with van der Waals surface area (Å²) in [5.74, 6) is 0. The molecule has 27 heavy (non-hydrogen) atoms. The summed E-state index contributed by atoms with van der Waals surface area (Å²) < 4.78 is 0. The van der Waals surface area contributed by atoms with Gasteiger partial charge in [0.1, 0.15) is 0 Å². The minimum atomic E-state index is 0.960. The molecule has 2 nitrogen and oxygen atoms in total. The monoisotopic (exact) mass is 366 g/mol. The number of aryl methyl sites for hydroxylation is 4. The van der Waals surface area contributed by atoms with Gasteiger partial charge in [-0.3, -0.25) is 0 Å². The van der Waals surface area contributed by atoms with Gasteiger partial charge in [0.2, 0.25) is 0 Å². The minimum absolute atomic E-state index is 0.960. The third-order valence-corrected chi connectivity index (χ3v) is 5.31. The summed E-state index contributed by atoms with van der Waals surface area (Å²) in [7, 11) is 0. The van der Waals surface area contributed by atoms with Crippen molar-refractivity contribution in [1.29, 1.82) is 0 Å². The van der Waals surface area contributed by atoms with Crippen molar-refractivity contribution >= 4 is 11.4 Å². The van der Waals surface area contributed by atoms with Crippen LogP contribution in [0.15, 0.2) is 24.3 Å². The second-order valence-corrected chi connectivity index (χ2v) is 7.83. The van der Waals surface area contributed by atoms with Crippen molar-refractivity contribution in [3.05, 3.63) is 57.6 Å². The molecule has 0 unspecified atom stereocenters. The van der Waals surface area contributed by atoms with E-state index < -0.39 is 0 Å². The molecule has 0 aromatic heterocycles. The highest BCUT2D eigenvalue weighted by molar-refractivity contribution is 5.58. The SMILES string of the molecule is CCCc1cc(Cc2cc(CCC)c(N)c(CCC)c2)cc(CCC)c1N. The van der Waals surface area contributed by atoms with Crippen LogP contribution in [0.5, 0.6) is 0 Å². The van der Waals surface area contributed by atoms with Gasteiger partial charge in [-0.15, -0.1) is 0 Å². The first-order valence-electron chi connectivity index (χ1n) is 10.8. The summed E-state index contributed by atoms with van der Waals surface area (Å²) in [6, 6.07) is 9.31. The largest absolute Gasteiger partial charge is 0.398 e. The molecule has 0 aliphatic carbocycles. The Kier molecular flexibility index (Phi) is 8.22. The second-order valence-electron chi connectivity index (χ2n) is 7.83. The standard InChI is InChI=1S/C25H38N2/c1-5-9-20-14-18(15-21(10-6-2)24(20)26)13-19-16-22(11-7-3)25(27)23(17-19)12-8-4/h14-17H,5-13,26-27H2,1-4H3. The zero-order valence-corrected chi connectivity index (χ0v) is 17.8. The topological polar surface area (TPSA) is 52.0 Å². The van der Waals surface area contributed by atoms with Gasteiger partial charge >= 0.3 is 0 Å². The van der Waals surface area contributed by atoms with Crippen LogP contribution in [0.2, 0.25) is 0 Å². The highest BCUT2D eigenvalue weighted by Gasteiger charge is 2.11. The van der Waals surface area contributed by atoms with Gasteiger partial charge in [-0.1, -0.05) is 77.6 Å². The molecule has 0 heterocycles. The number of nitrogen functional groups attached to an aromatic ring is 2. The Morgan fingerprint density at radius 2 is 0.778 bits per heavy atom. The molecule has 148 valence electrons. The zero-order valence-electron chi connectivity index (χ0n) is 17.8. The van der Waals surface area contributed by atoms with Crippen LogP contribution in [0.25, 0.3) is 0 Å². The van der Waals surface area contributed by atoms with Gasteiger partial charge < -0.3 is 11.5 Å². The molecule has 4 N–H and O–H groups in total. The molecule has 0 atom stereocenters. The predicted molar refractivity (Wildman–Crippen MR) is 120 cm³/mol. The summed E-state index contributed by atoms with van der Waals surface area (Å²) in [6.45, 7) is 8.89. The Balaban J connectivity index is 2.42. The summed E-state index contributed by atoms with van der Waals surface area (Å²) in [4.78, 5) is 0. The summed E-state index contributed by atoms with van der Waals surface area (Å²) in [6.07, 6.45) is 9.69. The Morgan fingerprint density at radius 3 is 1.00 bits per heavy atom. The summed E-state index contributed by atoms with van der Waals surface area (Å²) >= 11 is 0. The minimum Gasteiger partial charge on any atom is -0.398 e. The highest BCUT2D eigenvalue weighted by Crippen LogP contribution is 2.28. The molecular weight excluding hydrogens is 328 g/mol. The molecule has 0 aliphatic heterocycles. The number of hydrogen-bond acceptors (Lipinski definition) is 2. The fourth-order valence-corrected chi connectivity index (χ4v) is 4.05. The molecular formula is C25H38N2. The number of anilines is 2. The molecule has 0 saturated heterocycles. The quantitative estimate of drug-likeness (QED) is 0.488. The molecule has 2 aromatic carbocycles. The van der Waals surface area contributed by atoms with E-state index in [9.17, 15) is 0 Å². The fourth-order valence-electron chi connectivity index (χ4n) is 4.05. The Labute approximate surface area is 166 Å². The van der Waals surface area contributed by atoms with Crippen molar-refractivity contribution in [3.63, 3.8) is 0 Å². The van der Waals surface area contributed by atoms with Crippen molar-refractivity contribution in [2.75, 3.05) is 11.5 Å². The van der Waals surface area contributed by atoms with Crippen molar-refractivity contribution in [1.82, 2.24) is 0 Å². The number of hydrogen-bond donors (Lipinski definition) is 2. The average molecular weight is 367 g/mol. The Hall–Kier alpha value is -1.96. The van der Waals surface area contributed by atoms with Crippen LogP contribution in [0.3, 0.4) is 0 Å². The van der Waals surface area contributed by atoms with Gasteiger partial charge in [0.05, 0.1) is 0 Å². The number of nitrogens with two attached hydrogens (primary N) is 2. The van der Waals surface area contributed by atoms with Crippen LogP contribution in [0.4, 0.5) is 11.4 Å². The lowest BCUT2D eigenvalue weighted by atomic mass is 9.91. The molecule has 2 rings (SSSR count). The lowest BCUT2D eigenvalue weighted by molar-refractivity contribution is 0.888. The molecule has 0 saturated carbocycles.